The van der Waals surface area contributed by atoms with Gasteiger partial charge in [0.15, 0.2) is 0 Å². The zero-order chi connectivity index (χ0) is 16.3. The van der Waals surface area contributed by atoms with Crippen molar-refractivity contribution in [1.29, 1.82) is 0 Å². The van der Waals surface area contributed by atoms with E-state index < -0.39 is 11.5 Å². The topological polar surface area (TPSA) is 110 Å². The average Bonchev–Trinajstić information content (AvgIpc) is 2.47. The van der Waals surface area contributed by atoms with Gasteiger partial charge in [0.2, 0.25) is 5.91 Å². The summed E-state index contributed by atoms with van der Waals surface area (Å²) in [6, 6.07) is 7.52. The highest BCUT2D eigenvalue weighted by molar-refractivity contribution is 5.94. The summed E-state index contributed by atoms with van der Waals surface area (Å²) >= 11 is 0. The minimum Gasteiger partial charge on any atom is -0.481 e. The summed E-state index contributed by atoms with van der Waals surface area (Å²) in [6.45, 7) is 4.17. The van der Waals surface area contributed by atoms with Crippen LogP contribution in [0.5, 0.6) is 0 Å². The minimum absolute atomic E-state index is 0.383. The number of aliphatic carboxylic acids is 1. The minimum atomic E-state index is -0.833. The van der Waals surface area contributed by atoms with E-state index in [0.717, 1.165) is 45.0 Å². The average molecular weight is 305 g/mol. The molecule has 0 aliphatic carbocycles. The van der Waals surface area contributed by atoms with E-state index in [1.54, 1.807) is 6.07 Å². The molecule has 1 unspecified atom stereocenters. The number of benzene rings is 1. The van der Waals surface area contributed by atoms with Crippen LogP contribution in [-0.4, -0.2) is 41.5 Å². The predicted molar refractivity (Wildman–Crippen MR) is 83.3 cm³/mol. The number of hydrogen-bond acceptors (Lipinski definition) is 4. The molecule has 0 saturated carbocycles. The number of nitrogens with two attached hydrogens (primary N) is 2. The maximum absolute atomic E-state index is 11.6. The maximum atomic E-state index is 11.6. The SMILES string of the molecule is CC(=O)O.NC(=O)c1ccccc1C1(N)CN2CCC1CC2. The van der Waals surface area contributed by atoms with Gasteiger partial charge in [-0.25, -0.2) is 0 Å². The summed E-state index contributed by atoms with van der Waals surface area (Å²) in [5.41, 5.74) is 13.2. The fraction of sp³-hybridized carbons (Fsp3) is 0.500. The van der Waals surface area contributed by atoms with Gasteiger partial charge in [-0.05, 0) is 43.5 Å². The zero-order valence-electron chi connectivity index (χ0n) is 12.8. The third-order valence-corrected chi connectivity index (χ3v) is 4.50. The lowest BCUT2D eigenvalue weighted by molar-refractivity contribution is -0.134. The van der Waals surface area contributed by atoms with Crippen LogP contribution in [0.3, 0.4) is 0 Å². The Bertz CT molecular complexity index is 564. The number of rotatable bonds is 2. The van der Waals surface area contributed by atoms with Crippen LogP contribution < -0.4 is 11.5 Å². The van der Waals surface area contributed by atoms with Crippen molar-refractivity contribution < 1.29 is 14.7 Å². The van der Waals surface area contributed by atoms with Gasteiger partial charge in [0.05, 0.1) is 5.54 Å². The number of carboxylic acids is 1. The van der Waals surface area contributed by atoms with Crippen LogP contribution in [0.25, 0.3) is 0 Å². The predicted octanol–water partition coefficient (Wildman–Crippen LogP) is 0.756. The molecule has 1 amide bonds. The lowest BCUT2D eigenvalue weighted by atomic mass is 9.68. The highest BCUT2D eigenvalue weighted by Crippen LogP contribution is 2.41. The third kappa shape index (κ3) is 3.28. The number of fused-ring (bicyclic) bond motifs is 3. The monoisotopic (exact) mass is 305 g/mol. The fourth-order valence-corrected chi connectivity index (χ4v) is 3.51. The van der Waals surface area contributed by atoms with Crippen LogP contribution in [0.1, 0.15) is 35.7 Å². The number of nitrogens with zero attached hydrogens (tertiary/aromatic N) is 1. The Morgan fingerprint density at radius 2 is 1.82 bits per heavy atom. The Morgan fingerprint density at radius 3 is 2.27 bits per heavy atom. The molecular weight excluding hydrogens is 282 g/mol. The van der Waals surface area contributed by atoms with Gasteiger partial charge < -0.3 is 21.5 Å². The molecule has 0 aromatic heterocycles. The third-order valence-electron chi connectivity index (χ3n) is 4.50. The van der Waals surface area contributed by atoms with Crippen molar-refractivity contribution in [3.8, 4) is 0 Å². The molecule has 6 nitrogen and oxygen atoms in total. The van der Waals surface area contributed by atoms with Crippen LogP contribution in [0.2, 0.25) is 0 Å². The van der Waals surface area contributed by atoms with Crippen LogP contribution in [0.15, 0.2) is 24.3 Å². The molecule has 2 bridgehead atoms. The number of carboxylic acid groups (broad SMARTS) is 1. The number of amides is 1. The van der Waals surface area contributed by atoms with Crippen molar-refractivity contribution >= 4 is 11.9 Å². The quantitative estimate of drug-likeness (QED) is 0.747. The second-order valence-corrected chi connectivity index (χ2v) is 6.02. The van der Waals surface area contributed by atoms with Crippen molar-refractivity contribution in [2.75, 3.05) is 19.6 Å². The second kappa shape index (κ2) is 6.46. The van der Waals surface area contributed by atoms with Gasteiger partial charge >= 0.3 is 0 Å². The van der Waals surface area contributed by atoms with Gasteiger partial charge in [-0.15, -0.1) is 0 Å². The van der Waals surface area contributed by atoms with Gasteiger partial charge in [0, 0.05) is 19.0 Å². The van der Waals surface area contributed by atoms with E-state index >= 15 is 0 Å². The normalized spacial score (nSPS) is 29.4. The second-order valence-electron chi connectivity index (χ2n) is 6.02. The molecular formula is C16H23N3O3. The zero-order valence-corrected chi connectivity index (χ0v) is 12.8. The highest BCUT2D eigenvalue weighted by Gasteiger charge is 2.46. The summed E-state index contributed by atoms with van der Waals surface area (Å²) in [5, 5.41) is 7.42. The molecule has 120 valence electrons. The number of piperidine rings is 3. The standard InChI is InChI=1S/C14H19N3O.C2H4O2/c15-13(18)11-3-1-2-4-12(11)14(16)9-17-7-5-10(14)6-8-17;1-2(3)4/h1-4,10H,5-9,16H2,(H2,15,18);1H3,(H,3,4). The molecule has 3 heterocycles. The molecule has 5 N–H and O–H groups in total. The van der Waals surface area contributed by atoms with Crippen LogP contribution in [-0.2, 0) is 10.3 Å². The van der Waals surface area contributed by atoms with Crippen LogP contribution >= 0.6 is 0 Å². The molecule has 3 aliphatic heterocycles. The van der Waals surface area contributed by atoms with E-state index in [0.29, 0.717) is 11.5 Å². The van der Waals surface area contributed by atoms with E-state index in [4.69, 9.17) is 21.4 Å². The first-order chi connectivity index (χ1) is 10.3. The summed E-state index contributed by atoms with van der Waals surface area (Å²) < 4.78 is 0. The van der Waals surface area contributed by atoms with Crippen molar-refractivity contribution in [3.05, 3.63) is 35.4 Å². The molecule has 1 atom stereocenters. The van der Waals surface area contributed by atoms with Crippen molar-refractivity contribution in [2.45, 2.75) is 25.3 Å². The van der Waals surface area contributed by atoms with Gasteiger partial charge in [-0.2, -0.15) is 0 Å². The van der Waals surface area contributed by atoms with Crippen molar-refractivity contribution in [2.24, 2.45) is 17.4 Å². The van der Waals surface area contributed by atoms with E-state index in [1.165, 1.54) is 0 Å². The van der Waals surface area contributed by atoms with Crippen LogP contribution in [0, 0.1) is 5.92 Å². The lowest BCUT2D eigenvalue weighted by Crippen LogP contribution is -2.62. The molecule has 4 rings (SSSR count). The van der Waals surface area contributed by atoms with E-state index in [2.05, 4.69) is 4.90 Å². The smallest absolute Gasteiger partial charge is 0.300 e. The Morgan fingerprint density at radius 1 is 1.27 bits per heavy atom. The van der Waals surface area contributed by atoms with Crippen LogP contribution in [0.4, 0.5) is 0 Å². The molecule has 3 fully saturated rings. The van der Waals surface area contributed by atoms with Gasteiger partial charge in [0.1, 0.15) is 0 Å². The Balaban J connectivity index is 0.000000396. The molecule has 22 heavy (non-hydrogen) atoms. The number of primary amides is 1. The first-order valence-electron chi connectivity index (χ1n) is 7.44. The first kappa shape index (κ1) is 16.5. The number of carbonyl (C=O) groups is 2. The fourth-order valence-electron chi connectivity index (χ4n) is 3.51. The Kier molecular flexibility index (Phi) is 4.83. The van der Waals surface area contributed by atoms with E-state index in [-0.39, 0.29) is 5.91 Å². The van der Waals surface area contributed by atoms with Gasteiger partial charge in [0.25, 0.3) is 5.97 Å². The number of carbonyl (C=O) groups excluding carboxylic acids is 1. The van der Waals surface area contributed by atoms with Gasteiger partial charge in [-0.3, -0.25) is 9.59 Å². The summed E-state index contributed by atoms with van der Waals surface area (Å²) in [7, 11) is 0. The van der Waals surface area contributed by atoms with Crippen molar-refractivity contribution in [1.82, 2.24) is 4.90 Å². The van der Waals surface area contributed by atoms with Crippen molar-refractivity contribution in [3.63, 3.8) is 0 Å². The molecule has 3 saturated heterocycles. The summed E-state index contributed by atoms with van der Waals surface area (Å²) in [4.78, 5) is 23.0. The molecule has 3 aliphatic rings. The van der Waals surface area contributed by atoms with Gasteiger partial charge in [-0.1, -0.05) is 18.2 Å². The summed E-state index contributed by atoms with van der Waals surface area (Å²) in [6.07, 6.45) is 2.23. The van der Waals surface area contributed by atoms with E-state index in [1.807, 2.05) is 18.2 Å². The molecule has 0 radical (unpaired) electrons. The maximum Gasteiger partial charge on any atom is 0.300 e. The Labute approximate surface area is 130 Å². The Hall–Kier alpha value is -1.92. The molecule has 1 aromatic carbocycles. The molecule has 6 heteroatoms. The molecule has 1 aromatic rings. The number of hydrogen-bond donors (Lipinski definition) is 3. The first-order valence-corrected chi connectivity index (χ1v) is 7.44. The lowest BCUT2D eigenvalue weighted by Gasteiger charge is -2.52. The summed E-state index contributed by atoms with van der Waals surface area (Å²) in [5.74, 6) is -0.755. The van der Waals surface area contributed by atoms with E-state index in [9.17, 15) is 4.79 Å². The highest BCUT2D eigenvalue weighted by atomic mass is 16.4. The largest absolute Gasteiger partial charge is 0.481 e. The molecule has 0 spiro atoms.